The second-order valence-electron chi connectivity index (χ2n) is 0. The summed E-state index contributed by atoms with van der Waals surface area (Å²) in [5, 5.41) is 0. The summed E-state index contributed by atoms with van der Waals surface area (Å²) in [4.78, 5) is 0. The van der Waals surface area contributed by atoms with Crippen LogP contribution in [0.25, 0.3) is 0 Å². The molecule has 0 aliphatic rings. The molecule has 0 saturated carbocycles. The minimum atomic E-state index is 0. The van der Waals surface area contributed by atoms with Crippen LogP contribution in [0.1, 0.15) is 0 Å². The van der Waals surface area contributed by atoms with Gasteiger partial charge < -0.3 is 5.48 Å². The molecule has 0 N–H and O–H groups in total. The molecule has 0 aliphatic carbocycles. The van der Waals surface area contributed by atoms with E-state index in [0.717, 1.165) is 0 Å². The smallest absolute Gasteiger partial charge is 2.00 e. The summed E-state index contributed by atoms with van der Waals surface area (Å²) in [7, 11) is 0. The van der Waals surface area contributed by atoms with Crippen LogP contribution in [0, 0.1) is 49.4 Å². The van der Waals surface area contributed by atoms with Crippen LogP contribution in [0.4, 0.5) is 0 Å². The average Bonchev–Trinajstić information content (AvgIpc) is 0. The van der Waals surface area contributed by atoms with E-state index in [1.54, 1.807) is 0 Å². The first-order valence-electron chi connectivity index (χ1n) is 0. The largest absolute Gasteiger partial charge is 3.00 e. The predicted molar refractivity (Wildman–Crippen MR) is 6.44 cm³/mol. The van der Waals surface area contributed by atoms with E-state index in [4.69, 9.17) is 0 Å². The Kier molecular flexibility index (Phi) is 111. The van der Waals surface area contributed by atoms with E-state index >= 15 is 0 Å². The van der Waals surface area contributed by atoms with E-state index in [0.29, 0.717) is 0 Å². The monoisotopic (exact) mass is 285 g/mol. The van der Waals surface area contributed by atoms with Crippen molar-refractivity contribution in [2.45, 2.75) is 0 Å². The van der Waals surface area contributed by atoms with Gasteiger partial charge in [-0.25, -0.2) is 0 Å². The Morgan fingerprint density at radius 2 is 1.00 bits per heavy atom. The minimum Gasteiger partial charge on any atom is -2.00 e. The third kappa shape index (κ3) is 8.95. The molecule has 0 amide bonds. The number of rotatable bonds is 0. The first kappa shape index (κ1) is 27.1. The SMILES string of the molecule is [Al+3].[Eu+3].[O-2].[Y+3]. The Morgan fingerprint density at radius 3 is 1.00 bits per heavy atom. The summed E-state index contributed by atoms with van der Waals surface area (Å²) in [6.07, 6.45) is 0. The van der Waals surface area contributed by atoms with Gasteiger partial charge in [0.2, 0.25) is 0 Å². The fraction of sp³-hybridized carbons (Fsp3) is 0. The summed E-state index contributed by atoms with van der Waals surface area (Å²) in [6.45, 7) is 0. The van der Waals surface area contributed by atoms with Crippen molar-refractivity contribution in [3.63, 3.8) is 0 Å². The van der Waals surface area contributed by atoms with Gasteiger partial charge >= 0.3 is 99.4 Å². The van der Waals surface area contributed by atoms with Gasteiger partial charge in [-0.1, -0.05) is 0 Å². The van der Waals surface area contributed by atoms with Crippen molar-refractivity contribution in [3.8, 4) is 0 Å². The summed E-state index contributed by atoms with van der Waals surface area (Å²) in [5.41, 5.74) is 0. The quantitative estimate of drug-likeness (QED) is 0.537. The molecule has 0 aromatic carbocycles. The van der Waals surface area contributed by atoms with E-state index in [1.165, 1.54) is 0 Å². The van der Waals surface area contributed by atoms with Crippen LogP contribution in [-0.2, 0) is 38.2 Å². The fourth-order valence-electron chi connectivity index (χ4n) is 0. The van der Waals surface area contributed by atoms with Crippen molar-refractivity contribution < 1.29 is 87.6 Å². The molecule has 4 heteroatoms. The van der Waals surface area contributed by atoms with Crippen LogP contribution < -0.4 is 0 Å². The minimum absolute atomic E-state index is 0. The second-order valence-corrected chi connectivity index (χ2v) is 0. The van der Waals surface area contributed by atoms with Crippen molar-refractivity contribution in [1.29, 1.82) is 0 Å². The summed E-state index contributed by atoms with van der Waals surface area (Å²) < 4.78 is 0. The van der Waals surface area contributed by atoms with Gasteiger partial charge in [0.1, 0.15) is 0 Å². The Labute approximate surface area is 102 Å². The van der Waals surface area contributed by atoms with Crippen LogP contribution >= 0.6 is 0 Å². The zero-order valence-electron chi connectivity index (χ0n) is 1.94. The zero-order valence-corrected chi connectivity index (χ0v) is 8.36. The predicted octanol–water partition coefficient (Wildman–Crippen LogP) is -0.502. The normalized spacial score (nSPS) is 0. The molecule has 0 rings (SSSR count). The van der Waals surface area contributed by atoms with Gasteiger partial charge in [-0.05, 0) is 0 Å². The molecule has 4 heavy (non-hydrogen) atoms. The Hall–Kier alpha value is 3.18. The number of hydrogen-bond acceptors (Lipinski definition) is 0. The molecule has 0 heterocycles. The van der Waals surface area contributed by atoms with Crippen molar-refractivity contribution in [2.75, 3.05) is 0 Å². The van der Waals surface area contributed by atoms with Crippen molar-refractivity contribution in [2.24, 2.45) is 0 Å². The zero-order chi connectivity index (χ0) is 0. The maximum absolute atomic E-state index is 0. The van der Waals surface area contributed by atoms with E-state index < -0.39 is 0 Å². The molecule has 0 bridgehead atoms. The number of hydrogen-bond donors (Lipinski definition) is 0. The van der Waals surface area contributed by atoms with Crippen LogP contribution in [0.15, 0.2) is 0 Å². The van der Waals surface area contributed by atoms with E-state index in [-0.39, 0.29) is 105 Å². The third-order valence-corrected chi connectivity index (χ3v) is 0. The maximum atomic E-state index is 0. The molecule has 0 aromatic heterocycles. The van der Waals surface area contributed by atoms with Crippen molar-refractivity contribution in [3.05, 3.63) is 0 Å². The van der Waals surface area contributed by atoms with Gasteiger partial charge in [0.25, 0.3) is 0 Å². The Morgan fingerprint density at radius 1 is 1.00 bits per heavy atom. The van der Waals surface area contributed by atoms with E-state index in [9.17, 15) is 0 Å². The first-order valence-corrected chi connectivity index (χ1v) is 0. The molecule has 0 aromatic rings. The molecule has 1 nitrogen and oxygen atoms in total. The van der Waals surface area contributed by atoms with Gasteiger partial charge in [-0.3, -0.25) is 0 Å². The van der Waals surface area contributed by atoms with Crippen LogP contribution in [0.2, 0.25) is 0 Å². The van der Waals surface area contributed by atoms with Gasteiger partial charge in [-0.2, -0.15) is 0 Å². The van der Waals surface area contributed by atoms with Crippen LogP contribution in [0.3, 0.4) is 0 Å². The molecule has 0 unspecified atom stereocenters. The summed E-state index contributed by atoms with van der Waals surface area (Å²) >= 11 is 0. The van der Waals surface area contributed by atoms with Crippen LogP contribution in [0.5, 0.6) is 0 Å². The molecule has 0 spiro atoms. The summed E-state index contributed by atoms with van der Waals surface area (Å²) in [6, 6.07) is 0. The van der Waals surface area contributed by atoms with Crippen molar-refractivity contribution >= 4 is 17.4 Å². The molecular formula is AlEuOY+7. The average molecular weight is 284 g/mol. The summed E-state index contributed by atoms with van der Waals surface area (Å²) in [5.74, 6) is 0. The van der Waals surface area contributed by atoms with Crippen LogP contribution in [-0.4, -0.2) is 17.4 Å². The standard InChI is InChI=1S/Al.Eu.O.Y/q2*+3;-2;+3. The molecule has 0 aliphatic heterocycles. The maximum Gasteiger partial charge on any atom is 3.00 e. The van der Waals surface area contributed by atoms with Gasteiger partial charge in [-0.15, -0.1) is 0 Å². The molecule has 12 valence electrons. The molecule has 0 saturated heterocycles. The first-order chi connectivity index (χ1) is 0. The fourth-order valence-corrected chi connectivity index (χ4v) is 0. The third-order valence-electron chi connectivity index (χ3n) is 0. The topological polar surface area (TPSA) is 28.5 Å². The molecule has 0 radical (unpaired) electrons. The molecular weight excluding hydrogens is 284 g/mol. The van der Waals surface area contributed by atoms with Crippen molar-refractivity contribution in [1.82, 2.24) is 0 Å². The molecule has 0 atom stereocenters. The van der Waals surface area contributed by atoms with Gasteiger partial charge in [0, 0.05) is 0 Å². The van der Waals surface area contributed by atoms with Gasteiger partial charge in [0.15, 0.2) is 0 Å². The Bertz CT molecular complexity index is 8.00. The Balaban J connectivity index is 0. The van der Waals surface area contributed by atoms with E-state index in [1.807, 2.05) is 0 Å². The van der Waals surface area contributed by atoms with Gasteiger partial charge in [0.05, 0.1) is 0 Å². The molecule has 0 fully saturated rings. The second kappa shape index (κ2) is 16.4. The van der Waals surface area contributed by atoms with E-state index in [2.05, 4.69) is 0 Å².